The minimum absolute atomic E-state index is 0.0887. The Bertz CT molecular complexity index is 506. The molecule has 3 heteroatoms. The highest BCUT2D eigenvalue weighted by Crippen LogP contribution is 2.28. The van der Waals surface area contributed by atoms with Crippen molar-refractivity contribution in [1.82, 2.24) is 4.90 Å². The molecule has 1 aromatic rings. The van der Waals surface area contributed by atoms with E-state index in [0.29, 0.717) is 12.1 Å². The number of aliphatic hydroxyl groups excluding tert-OH is 1. The molecule has 2 rings (SSSR count). The normalized spacial score (nSPS) is 16.7. The predicted octanol–water partition coefficient (Wildman–Crippen LogP) is 2.73. The largest absolute Gasteiger partial charge is 0.510 e. The summed E-state index contributed by atoms with van der Waals surface area (Å²) in [7, 11) is 1.69. The maximum absolute atomic E-state index is 11.9. The van der Waals surface area contributed by atoms with Gasteiger partial charge in [-0.05, 0) is 16.5 Å². The van der Waals surface area contributed by atoms with Crippen LogP contribution in [0.1, 0.15) is 31.9 Å². The van der Waals surface area contributed by atoms with Crippen LogP contribution in [0.4, 0.5) is 0 Å². The standard InChI is InChI=1S/C15H19NO2/c1-15(2,3)11-7-5-10(6-8-11)13-12(17)9-16(4)14(13)18/h5-8,17H,9H2,1-4H3. The van der Waals surface area contributed by atoms with Gasteiger partial charge < -0.3 is 10.0 Å². The number of hydrogen-bond acceptors (Lipinski definition) is 2. The third kappa shape index (κ3) is 2.13. The lowest BCUT2D eigenvalue weighted by molar-refractivity contribution is -0.122. The number of nitrogens with zero attached hydrogens (tertiary/aromatic N) is 1. The summed E-state index contributed by atoms with van der Waals surface area (Å²) in [5, 5.41) is 9.83. The Morgan fingerprint density at radius 1 is 1.17 bits per heavy atom. The van der Waals surface area contributed by atoms with Crippen molar-refractivity contribution in [2.75, 3.05) is 13.6 Å². The number of carbonyl (C=O) groups excluding carboxylic acids is 1. The van der Waals surface area contributed by atoms with Gasteiger partial charge in [0.2, 0.25) is 0 Å². The first-order valence-corrected chi connectivity index (χ1v) is 6.09. The van der Waals surface area contributed by atoms with Crippen molar-refractivity contribution in [3.05, 3.63) is 41.2 Å². The topological polar surface area (TPSA) is 40.5 Å². The predicted molar refractivity (Wildman–Crippen MR) is 72.3 cm³/mol. The first-order valence-electron chi connectivity index (χ1n) is 6.09. The fourth-order valence-corrected chi connectivity index (χ4v) is 2.12. The zero-order valence-corrected chi connectivity index (χ0v) is 11.3. The fourth-order valence-electron chi connectivity index (χ4n) is 2.12. The van der Waals surface area contributed by atoms with Crippen LogP contribution in [0.25, 0.3) is 5.57 Å². The minimum atomic E-state index is -0.115. The highest BCUT2D eigenvalue weighted by molar-refractivity contribution is 6.22. The van der Waals surface area contributed by atoms with Crippen LogP contribution in [0.15, 0.2) is 30.0 Å². The number of amides is 1. The Kier molecular flexibility index (Phi) is 2.93. The number of benzene rings is 1. The summed E-state index contributed by atoms with van der Waals surface area (Å²) in [6.07, 6.45) is 0. The van der Waals surface area contributed by atoms with E-state index in [1.807, 2.05) is 24.3 Å². The highest BCUT2D eigenvalue weighted by atomic mass is 16.3. The SMILES string of the molecule is CN1CC(O)=C(c2ccc(C(C)(C)C)cc2)C1=O. The Hall–Kier alpha value is -1.77. The zero-order valence-electron chi connectivity index (χ0n) is 11.3. The van der Waals surface area contributed by atoms with Gasteiger partial charge in [-0.3, -0.25) is 4.79 Å². The fraction of sp³-hybridized carbons (Fsp3) is 0.400. The van der Waals surface area contributed by atoms with Gasteiger partial charge in [-0.2, -0.15) is 0 Å². The van der Waals surface area contributed by atoms with Crippen molar-refractivity contribution >= 4 is 11.5 Å². The van der Waals surface area contributed by atoms with Crippen molar-refractivity contribution in [2.24, 2.45) is 0 Å². The quantitative estimate of drug-likeness (QED) is 0.826. The lowest BCUT2D eigenvalue weighted by atomic mass is 9.86. The summed E-state index contributed by atoms with van der Waals surface area (Å²) in [6.45, 7) is 6.74. The summed E-state index contributed by atoms with van der Waals surface area (Å²) < 4.78 is 0. The van der Waals surface area contributed by atoms with Gasteiger partial charge in [-0.15, -0.1) is 0 Å². The number of likely N-dealkylation sites (N-methyl/N-ethyl adjacent to an activating group) is 1. The number of aliphatic hydroxyl groups is 1. The van der Waals surface area contributed by atoms with Gasteiger partial charge in [-0.25, -0.2) is 0 Å². The molecule has 0 bridgehead atoms. The molecule has 0 spiro atoms. The molecule has 1 aromatic carbocycles. The number of rotatable bonds is 1. The zero-order chi connectivity index (χ0) is 13.5. The maximum Gasteiger partial charge on any atom is 0.258 e. The van der Waals surface area contributed by atoms with Crippen LogP contribution < -0.4 is 0 Å². The summed E-state index contributed by atoms with van der Waals surface area (Å²) >= 11 is 0. The third-order valence-corrected chi connectivity index (χ3v) is 3.28. The van der Waals surface area contributed by atoms with Gasteiger partial charge in [0.25, 0.3) is 5.91 Å². The Balaban J connectivity index is 2.37. The minimum Gasteiger partial charge on any atom is -0.510 e. The molecule has 0 fully saturated rings. The molecule has 1 aliphatic heterocycles. The van der Waals surface area contributed by atoms with Crippen molar-refractivity contribution in [3.8, 4) is 0 Å². The van der Waals surface area contributed by atoms with Gasteiger partial charge in [0.05, 0.1) is 12.1 Å². The van der Waals surface area contributed by atoms with Gasteiger partial charge in [-0.1, -0.05) is 45.0 Å². The van der Waals surface area contributed by atoms with E-state index in [1.54, 1.807) is 7.05 Å². The molecule has 1 heterocycles. The molecule has 1 amide bonds. The summed E-state index contributed by atoms with van der Waals surface area (Å²) in [4.78, 5) is 13.4. The second kappa shape index (κ2) is 4.16. The lowest BCUT2D eigenvalue weighted by Crippen LogP contribution is -2.21. The molecule has 0 saturated heterocycles. The lowest BCUT2D eigenvalue weighted by Gasteiger charge is -2.19. The summed E-state index contributed by atoms with van der Waals surface area (Å²) in [6, 6.07) is 7.84. The summed E-state index contributed by atoms with van der Waals surface area (Å²) in [5.41, 5.74) is 2.52. The van der Waals surface area contributed by atoms with E-state index in [4.69, 9.17) is 0 Å². The average molecular weight is 245 g/mol. The van der Waals surface area contributed by atoms with Crippen LogP contribution in [-0.4, -0.2) is 29.5 Å². The molecule has 3 nitrogen and oxygen atoms in total. The molecular weight excluding hydrogens is 226 g/mol. The molecule has 0 unspecified atom stereocenters. The van der Waals surface area contributed by atoms with Crippen LogP contribution in [0.5, 0.6) is 0 Å². The van der Waals surface area contributed by atoms with E-state index < -0.39 is 0 Å². The van der Waals surface area contributed by atoms with Crippen molar-refractivity contribution in [2.45, 2.75) is 26.2 Å². The first-order chi connectivity index (χ1) is 8.30. The smallest absolute Gasteiger partial charge is 0.258 e. The third-order valence-electron chi connectivity index (χ3n) is 3.28. The van der Waals surface area contributed by atoms with Crippen LogP contribution in [0.3, 0.4) is 0 Å². The molecule has 1 aliphatic rings. The molecule has 0 radical (unpaired) electrons. The van der Waals surface area contributed by atoms with E-state index in [2.05, 4.69) is 20.8 Å². The second-order valence-electron chi connectivity index (χ2n) is 5.81. The van der Waals surface area contributed by atoms with Crippen LogP contribution in [0.2, 0.25) is 0 Å². The van der Waals surface area contributed by atoms with Crippen molar-refractivity contribution in [3.63, 3.8) is 0 Å². The molecule has 0 aromatic heterocycles. The Morgan fingerprint density at radius 2 is 1.72 bits per heavy atom. The van der Waals surface area contributed by atoms with Gasteiger partial charge >= 0.3 is 0 Å². The Morgan fingerprint density at radius 3 is 2.11 bits per heavy atom. The maximum atomic E-state index is 11.9. The summed E-state index contributed by atoms with van der Waals surface area (Å²) in [5.74, 6) is 0.0435. The molecule has 1 N–H and O–H groups in total. The van der Waals surface area contributed by atoms with Gasteiger partial charge in [0.15, 0.2) is 0 Å². The van der Waals surface area contributed by atoms with E-state index in [0.717, 1.165) is 5.56 Å². The average Bonchev–Trinajstić information content (AvgIpc) is 2.52. The Labute approximate surface area is 108 Å². The molecular formula is C15H19NO2. The van der Waals surface area contributed by atoms with Gasteiger partial charge in [0, 0.05) is 7.05 Å². The molecule has 0 aliphatic carbocycles. The second-order valence-corrected chi connectivity index (χ2v) is 5.81. The van der Waals surface area contributed by atoms with Crippen LogP contribution in [0, 0.1) is 0 Å². The van der Waals surface area contributed by atoms with Crippen molar-refractivity contribution < 1.29 is 9.90 Å². The monoisotopic (exact) mass is 245 g/mol. The van der Waals surface area contributed by atoms with Crippen LogP contribution >= 0.6 is 0 Å². The van der Waals surface area contributed by atoms with E-state index >= 15 is 0 Å². The number of hydrogen-bond donors (Lipinski definition) is 1. The van der Waals surface area contributed by atoms with E-state index in [1.165, 1.54) is 10.5 Å². The van der Waals surface area contributed by atoms with Crippen LogP contribution in [-0.2, 0) is 10.2 Å². The highest BCUT2D eigenvalue weighted by Gasteiger charge is 2.28. The first kappa shape index (κ1) is 12.7. The molecule has 0 atom stereocenters. The van der Waals surface area contributed by atoms with Crippen molar-refractivity contribution in [1.29, 1.82) is 0 Å². The molecule has 0 saturated carbocycles. The molecule has 18 heavy (non-hydrogen) atoms. The van der Waals surface area contributed by atoms with E-state index in [9.17, 15) is 9.90 Å². The van der Waals surface area contributed by atoms with E-state index in [-0.39, 0.29) is 17.1 Å². The molecule has 96 valence electrons. The number of carbonyl (C=O) groups is 1. The van der Waals surface area contributed by atoms with Gasteiger partial charge in [0.1, 0.15) is 5.76 Å².